The molecule has 9 nitrogen and oxygen atoms in total. The van der Waals surface area contributed by atoms with Crippen molar-refractivity contribution in [2.75, 3.05) is 26.3 Å². The van der Waals surface area contributed by atoms with Crippen molar-refractivity contribution in [1.29, 1.82) is 0 Å². The van der Waals surface area contributed by atoms with Gasteiger partial charge in [0, 0.05) is 18.3 Å². The molecule has 150 valence electrons. The van der Waals surface area contributed by atoms with Crippen molar-refractivity contribution in [2.45, 2.75) is 0 Å². The molecule has 1 amide bonds. The summed E-state index contributed by atoms with van der Waals surface area (Å²) < 4.78 is 45.3. The van der Waals surface area contributed by atoms with Gasteiger partial charge in [0.1, 0.15) is 11.4 Å². The molecule has 2 heterocycles. The zero-order valence-corrected chi connectivity index (χ0v) is 16.4. The van der Waals surface area contributed by atoms with Gasteiger partial charge in [0.15, 0.2) is 11.5 Å². The molecular formula is C19H17N3O6S. The van der Waals surface area contributed by atoms with Gasteiger partial charge >= 0.3 is 10.2 Å². The van der Waals surface area contributed by atoms with E-state index in [0.717, 1.165) is 4.31 Å². The van der Waals surface area contributed by atoms with Crippen LogP contribution in [0.4, 0.5) is 5.69 Å². The van der Waals surface area contributed by atoms with Gasteiger partial charge in [-0.2, -0.15) is 8.42 Å². The number of nitrogens with zero attached hydrogens (tertiary/aromatic N) is 2. The predicted octanol–water partition coefficient (Wildman–Crippen LogP) is 1.93. The van der Waals surface area contributed by atoms with Gasteiger partial charge in [-0.1, -0.05) is 0 Å². The van der Waals surface area contributed by atoms with Crippen molar-refractivity contribution in [3.8, 4) is 17.2 Å². The average Bonchev–Trinajstić information content (AvgIpc) is 3.18. The fraction of sp³-hybridized carbons (Fsp3) is 0.158. The second-order valence-corrected chi connectivity index (χ2v) is 7.83. The van der Waals surface area contributed by atoms with Crippen molar-refractivity contribution in [3.63, 3.8) is 0 Å². The SMILES string of the molecule is COc1ccc(NC(=O)C2=CC(c3ccc4c(c3)OCO4)=NS(=O)(=O)N2C)cc1. The molecule has 0 spiro atoms. The van der Waals surface area contributed by atoms with Crippen molar-refractivity contribution < 1.29 is 27.4 Å². The van der Waals surface area contributed by atoms with Crippen molar-refractivity contribution in [1.82, 2.24) is 4.31 Å². The molecule has 29 heavy (non-hydrogen) atoms. The lowest BCUT2D eigenvalue weighted by Gasteiger charge is -2.23. The molecule has 2 aromatic carbocycles. The molecule has 2 aromatic rings. The van der Waals surface area contributed by atoms with Crippen LogP contribution < -0.4 is 19.5 Å². The van der Waals surface area contributed by atoms with Crippen molar-refractivity contribution in [2.24, 2.45) is 4.40 Å². The number of benzene rings is 2. The Kier molecular flexibility index (Phi) is 4.63. The van der Waals surface area contributed by atoms with Crippen LogP contribution in [-0.2, 0) is 15.0 Å². The van der Waals surface area contributed by atoms with Crippen LogP contribution in [0.2, 0.25) is 0 Å². The predicted molar refractivity (Wildman–Crippen MR) is 105 cm³/mol. The number of anilines is 1. The highest BCUT2D eigenvalue weighted by Gasteiger charge is 2.30. The van der Waals surface area contributed by atoms with E-state index in [2.05, 4.69) is 9.71 Å². The molecule has 10 heteroatoms. The van der Waals surface area contributed by atoms with Crippen LogP contribution in [-0.4, -0.2) is 45.3 Å². The second kappa shape index (κ2) is 7.13. The molecule has 0 aliphatic carbocycles. The summed E-state index contributed by atoms with van der Waals surface area (Å²) in [7, 11) is -1.26. The maximum Gasteiger partial charge on any atom is 0.345 e. The molecule has 0 bridgehead atoms. The molecule has 0 atom stereocenters. The Morgan fingerprint density at radius 3 is 2.59 bits per heavy atom. The minimum atomic E-state index is -4.07. The number of allylic oxidation sites excluding steroid dienone is 1. The molecule has 0 fully saturated rings. The number of amides is 1. The standard InChI is InChI=1S/C19H17N3O6S/c1-22-16(19(23)20-13-4-6-14(26-2)7-5-13)10-15(21-29(22,24)25)12-3-8-17-18(9-12)28-11-27-17/h3-10H,11H2,1-2H3,(H,20,23). The molecule has 4 rings (SSSR count). The number of fused-ring (bicyclic) bond motifs is 1. The summed E-state index contributed by atoms with van der Waals surface area (Å²) in [5.41, 5.74) is 1.04. The summed E-state index contributed by atoms with van der Waals surface area (Å²) in [6.07, 6.45) is 1.41. The van der Waals surface area contributed by atoms with Gasteiger partial charge < -0.3 is 19.5 Å². The van der Waals surface area contributed by atoms with Crippen LogP contribution in [0.1, 0.15) is 5.56 Å². The topological polar surface area (TPSA) is 107 Å². The zero-order chi connectivity index (χ0) is 20.6. The highest BCUT2D eigenvalue weighted by atomic mass is 32.2. The Bertz CT molecular complexity index is 1140. The summed E-state index contributed by atoms with van der Waals surface area (Å²) in [6.45, 7) is 0.0949. The Morgan fingerprint density at radius 2 is 1.86 bits per heavy atom. The molecule has 0 radical (unpaired) electrons. The lowest BCUT2D eigenvalue weighted by Crippen LogP contribution is -2.35. The Morgan fingerprint density at radius 1 is 1.14 bits per heavy atom. The summed E-state index contributed by atoms with van der Waals surface area (Å²) in [6, 6.07) is 11.6. The van der Waals surface area contributed by atoms with Crippen LogP contribution >= 0.6 is 0 Å². The minimum Gasteiger partial charge on any atom is -0.497 e. The number of carbonyl (C=O) groups excluding carboxylic acids is 1. The largest absolute Gasteiger partial charge is 0.497 e. The van der Waals surface area contributed by atoms with Crippen LogP contribution in [0.25, 0.3) is 0 Å². The summed E-state index contributed by atoms with van der Waals surface area (Å²) in [5, 5.41) is 2.68. The van der Waals surface area contributed by atoms with Crippen LogP contribution in [0, 0.1) is 0 Å². The molecule has 0 unspecified atom stereocenters. The Balaban J connectivity index is 1.66. The molecule has 2 aliphatic heterocycles. The first kappa shape index (κ1) is 18.8. The third-order valence-corrected chi connectivity index (χ3v) is 5.74. The molecule has 0 saturated carbocycles. The fourth-order valence-electron chi connectivity index (χ4n) is 2.83. The molecule has 2 aliphatic rings. The van der Waals surface area contributed by atoms with E-state index >= 15 is 0 Å². The van der Waals surface area contributed by atoms with E-state index in [1.165, 1.54) is 20.2 Å². The zero-order valence-electron chi connectivity index (χ0n) is 15.6. The third-order valence-electron chi connectivity index (χ3n) is 4.42. The van der Waals surface area contributed by atoms with E-state index in [1.54, 1.807) is 42.5 Å². The summed E-state index contributed by atoms with van der Waals surface area (Å²) in [5.74, 6) is 1.09. The van der Waals surface area contributed by atoms with E-state index in [9.17, 15) is 13.2 Å². The van der Waals surface area contributed by atoms with Crippen molar-refractivity contribution >= 4 is 27.5 Å². The molecule has 1 N–H and O–H groups in total. The third kappa shape index (κ3) is 3.61. The lowest BCUT2D eigenvalue weighted by molar-refractivity contribution is -0.113. The number of nitrogens with one attached hydrogen (secondary N) is 1. The van der Waals surface area contributed by atoms with E-state index in [1.807, 2.05) is 0 Å². The Labute approximate surface area is 167 Å². The number of ether oxygens (including phenoxy) is 3. The first-order valence-corrected chi connectivity index (χ1v) is 9.93. The first-order chi connectivity index (χ1) is 13.9. The lowest BCUT2D eigenvalue weighted by atomic mass is 10.1. The molecular weight excluding hydrogens is 398 g/mol. The number of carbonyl (C=O) groups is 1. The van der Waals surface area contributed by atoms with Gasteiger partial charge in [0.05, 0.1) is 12.8 Å². The molecule has 0 saturated heterocycles. The fourth-order valence-corrected chi connectivity index (χ4v) is 3.74. The number of methoxy groups -OCH3 is 1. The minimum absolute atomic E-state index is 0.0662. The molecule has 0 aromatic heterocycles. The van der Waals surface area contributed by atoms with E-state index in [4.69, 9.17) is 14.2 Å². The van der Waals surface area contributed by atoms with Gasteiger partial charge in [-0.05, 0) is 48.5 Å². The average molecular weight is 415 g/mol. The number of hydrogen-bond acceptors (Lipinski definition) is 6. The van der Waals surface area contributed by atoms with E-state index < -0.39 is 16.1 Å². The van der Waals surface area contributed by atoms with Crippen LogP contribution in [0.3, 0.4) is 0 Å². The number of rotatable bonds is 4. The maximum absolute atomic E-state index is 12.8. The summed E-state index contributed by atoms with van der Waals surface area (Å²) in [4.78, 5) is 12.8. The van der Waals surface area contributed by atoms with Crippen LogP contribution in [0.5, 0.6) is 17.2 Å². The van der Waals surface area contributed by atoms with Crippen molar-refractivity contribution in [3.05, 3.63) is 59.8 Å². The van der Waals surface area contributed by atoms with E-state index in [0.29, 0.717) is 28.5 Å². The van der Waals surface area contributed by atoms with Gasteiger partial charge in [0.2, 0.25) is 6.79 Å². The quantitative estimate of drug-likeness (QED) is 0.818. The maximum atomic E-state index is 12.8. The highest BCUT2D eigenvalue weighted by molar-refractivity contribution is 7.88. The van der Waals surface area contributed by atoms with Gasteiger partial charge in [-0.15, -0.1) is 4.40 Å². The second-order valence-electron chi connectivity index (χ2n) is 6.20. The summed E-state index contributed by atoms with van der Waals surface area (Å²) >= 11 is 0. The number of hydrogen-bond donors (Lipinski definition) is 1. The smallest absolute Gasteiger partial charge is 0.345 e. The van der Waals surface area contributed by atoms with E-state index in [-0.39, 0.29) is 18.2 Å². The van der Waals surface area contributed by atoms with Crippen LogP contribution in [0.15, 0.2) is 58.6 Å². The number of likely N-dealkylation sites (N-methyl/N-ethyl adjacent to an activating group) is 1. The highest BCUT2D eigenvalue weighted by Crippen LogP contribution is 2.33. The van der Waals surface area contributed by atoms with Gasteiger partial charge in [-0.25, -0.2) is 4.31 Å². The van der Waals surface area contributed by atoms with Gasteiger partial charge in [-0.3, -0.25) is 4.79 Å². The Hall–Kier alpha value is -3.53. The monoisotopic (exact) mass is 415 g/mol. The van der Waals surface area contributed by atoms with Gasteiger partial charge in [0.25, 0.3) is 5.91 Å². The normalized spacial score (nSPS) is 16.7. The first-order valence-electron chi connectivity index (χ1n) is 8.53.